The number of hydrogen-bond donors (Lipinski definition) is 3. The second kappa shape index (κ2) is 12.2. The highest BCUT2D eigenvalue weighted by Gasteiger charge is 2.09. The second-order valence-corrected chi connectivity index (χ2v) is 8.10. The van der Waals surface area contributed by atoms with Gasteiger partial charge >= 0.3 is 0 Å². The van der Waals surface area contributed by atoms with Gasteiger partial charge in [0.1, 0.15) is 11.5 Å². The Morgan fingerprint density at radius 2 is 1.67 bits per heavy atom. The largest absolute Gasteiger partial charge is 0.492 e. The topological polar surface area (TPSA) is 88.7 Å². The summed E-state index contributed by atoms with van der Waals surface area (Å²) in [6.45, 7) is 0.0653. The zero-order valence-corrected chi connectivity index (χ0v) is 19.7. The first-order chi connectivity index (χ1) is 15.9. The molecule has 33 heavy (non-hydrogen) atoms. The van der Waals surface area contributed by atoms with Crippen LogP contribution >= 0.6 is 35.4 Å². The Morgan fingerprint density at radius 1 is 0.879 bits per heavy atom. The number of hydrazine groups is 1. The highest BCUT2D eigenvalue weighted by molar-refractivity contribution is 7.80. The number of halogens is 2. The number of thiocarbonyl (C=S) groups is 1. The van der Waals surface area contributed by atoms with E-state index in [2.05, 4.69) is 16.2 Å². The molecule has 0 heterocycles. The lowest BCUT2D eigenvalue weighted by molar-refractivity contribution is -0.123. The van der Waals surface area contributed by atoms with Crippen molar-refractivity contribution in [1.82, 2.24) is 16.2 Å². The van der Waals surface area contributed by atoms with Crippen LogP contribution in [0.4, 0.5) is 0 Å². The van der Waals surface area contributed by atoms with Gasteiger partial charge in [-0.25, -0.2) is 0 Å². The predicted octanol–water partition coefficient (Wildman–Crippen LogP) is 4.41. The molecule has 3 N–H and O–H groups in total. The predicted molar refractivity (Wildman–Crippen MR) is 133 cm³/mol. The van der Waals surface area contributed by atoms with Gasteiger partial charge in [-0.3, -0.25) is 25.8 Å². The minimum atomic E-state index is -0.456. The van der Waals surface area contributed by atoms with Gasteiger partial charge in [0, 0.05) is 16.8 Å². The summed E-state index contributed by atoms with van der Waals surface area (Å²) < 4.78 is 11.1. The molecule has 0 fully saturated rings. The number of carbonyl (C=O) groups excluding carboxylic acids is 2. The third-order valence-electron chi connectivity index (χ3n) is 4.38. The number of fused-ring (bicyclic) bond motifs is 1. The maximum absolute atomic E-state index is 12.1. The van der Waals surface area contributed by atoms with Crippen LogP contribution in [0.15, 0.2) is 60.7 Å². The number of ether oxygens (including phenoxy) is 2. The molecule has 0 radical (unpaired) electrons. The van der Waals surface area contributed by atoms with Gasteiger partial charge in [-0.15, -0.1) is 0 Å². The number of amides is 2. The molecule has 2 amide bonds. The van der Waals surface area contributed by atoms with E-state index in [1.54, 1.807) is 24.3 Å². The lowest BCUT2D eigenvalue weighted by Gasteiger charge is -2.12. The summed E-state index contributed by atoms with van der Waals surface area (Å²) in [6, 6.07) is 18.2. The van der Waals surface area contributed by atoms with Crippen molar-refractivity contribution < 1.29 is 19.1 Å². The zero-order chi connectivity index (χ0) is 23.6. The van der Waals surface area contributed by atoms with E-state index in [9.17, 15) is 9.59 Å². The van der Waals surface area contributed by atoms with E-state index in [0.29, 0.717) is 34.6 Å². The summed E-state index contributed by atoms with van der Waals surface area (Å²) in [5.74, 6) is 0.319. The van der Waals surface area contributed by atoms with Gasteiger partial charge in [-0.05, 0) is 48.3 Å². The molecule has 0 saturated heterocycles. The summed E-state index contributed by atoms with van der Waals surface area (Å²) >= 11 is 16.9. The molecule has 0 saturated carbocycles. The monoisotopic (exact) mass is 505 g/mol. The molecule has 0 unspecified atom stereocenters. The Labute approximate surface area is 206 Å². The SMILES string of the molecule is O=C(CCCOc1ccc(Cl)cc1Cl)NNC(=S)NC(=O)COc1cccc2ccccc12. The van der Waals surface area contributed by atoms with E-state index in [0.717, 1.165) is 10.8 Å². The summed E-state index contributed by atoms with van der Waals surface area (Å²) in [5, 5.41) is 5.24. The molecule has 0 aliphatic carbocycles. The minimum absolute atomic E-state index is 0.0425. The molecule has 3 aromatic rings. The van der Waals surface area contributed by atoms with Gasteiger partial charge in [-0.1, -0.05) is 59.6 Å². The first kappa shape index (κ1) is 24.6. The average Bonchev–Trinajstić information content (AvgIpc) is 2.80. The fourth-order valence-corrected chi connectivity index (χ4v) is 3.48. The van der Waals surface area contributed by atoms with E-state index in [-0.39, 0.29) is 24.0 Å². The lowest BCUT2D eigenvalue weighted by Crippen LogP contribution is -2.49. The maximum Gasteiger partial charge on any atom is 0.264 e. The average molecular weight is 506 g/mol. The highest BCUT2D eigenvalue weighted by atomic mass is 35.5. The minimum Gasteiger partial charge on any atom is -0.492 e. The van der Waals surface area contributed by atoms with Crippen LogP contribution in [0.2, 0.25) is 10.0 Å². The number of rotatable bonds is 8. The highest BCUT2D eigenvalue weighted by Crippen LogP contribution is 2.27. The Bertz CT molecular complexity index is 1150. The molecule has 172 valence electrons. The summed E-state index contributed by atoms with van der Waals surface area (Å²) in [6.07, 6.45) is 0.628. The normalized spacial score (nSPS) is 10.4. The van der Waals surface area contributed by atoms with Crippen LogP contribution < -0.4 is 25.6 Å². The molecule has 3 rings (SSSR count). The second-order valence-electron chi connectivity index (χ2n) is 6.84. The van der Waals surface area contributed by atoms with Crippen LogP contribution in [0, 0.1) is 0 Å². The summed E-state index contributed by atoms with van der Waals surface area (Å²) in [7, 11) is 0. The molecule has 0 atom stereocenters. The summed E-state index contributed by atoms with van der Waals surface area (Å²) in [4.78, 5) is 24.0. The number of nitrogens with one attached hydrogen (secondary N) is 3. The van der Waals surface area contributed by atoms with Crippen molar-refractivity contribution in [2.75, 3.05) is 13.2 Å². The van der Waals surface area contributed by atoms with Crippen molar-refractivity contribution in [3.8, 4) is 11.5 Å². The van der Waals surface area contributed by atoms with Crippen LogP contribution in [-0.4, -0.2) is 30.1 Å². The van der Waals surface area contributed by atoms with Crippen molar-refractivity contribution >= 4 is 63.1 Å². The third-order valence-corrected chi connectivity index (χ3v) is 5.11. The van der Waals surface area contributed by atoms with Crippen LogP contribution in [0.3, 0.4) is 0 Å². The molecule has 7 nitrogen and oxygen atoms in total. The van der Waals surface area contributed by atoms with Crippen molar-refractivity contribution in [3.63, 3.8) is 0 Å². The zero-order valence-electron chi connectivity index (χ0n) is 17.4. The van der Waals surface area contributed by atoms with E-state index >= 15 is 0 Å². The van der Waals surface area contributed by atoms with Gasteiger partial charge in [0.05, 0.1) is 11.6 Å². The third kappa shape index (κ3) is 7.78. The Balaban J connectivity index is 1.32. The van der Waals surface area contributed by atoms with Gasteiger partial charge in [0.25, 0.3) is 5.91 Å². The molecular weight excluding hydrogens is 485 g/mol. The molecule has 3 aromatic carbocycles. The lowest BCUT2D eigenvalue weighted by atomic mass is 10.1. The standard InChI is InChI=1S/C23H21Cl2N3O4S/c24-16-10-11-20(18(25)13-16)31-12-4-9-21(29)27-28-23(33)26-22(30)14-32-19-8-3-6-15-5-1-2-7-17(15)19/h1-3,5-8,10-11,13H,4,9,12,14H2,(H,27,29)(H2,26,28,30,33). The van der Waals surface area contributed by atoms with Gasteiger partial charge < -0.3 is 9.47 Å². The fraction of sp³-hybridized carbons (Fsp3) is 0.174. The van der Waals surface area contributed by atoms with Crippen LogP contribution in [0.1, 0.15) is 12.8 Å². The number of benzene rings is 3. The van der Waals surface area contributed by atoms with Crippen molar-refractivity contribution in [2.24, 2.45) is 0 Å². The first-order valence-corrected chi connectivity index (χ1v) is 11.2. The van der Waals surface area contributed by atoms with Crippen LogP contribution in [0.5, 0.6) is 11.5 Å². The number of hydrogen-bond acceptors (Lipinski definition) is 5. The van der Waals surface area contributed by atoms with E-state index in [4.69, 9.17) is 44.9 Å². The summed E-state index contributed by atoms with van der Waals surface area (Å²) in [5.41, 5.74) is 4.90. The molecule has 0 aromatic heterocycles. The molecule has 0 aliphatic rings. The van der Waals surface area contributed by atoms with Crippen molar-refractivity contribution in [3.05, 3.63) is 70.7 Å². The quantitative estimate of drug-likeness (QED) is 0.238. The number of carbonyl (C=O) groups is 2. The van der Waals surface area contributed by atoms with Crippen molar-refractivity contribution in [1.29, 1.82) is 0 Å². The van der Waals surface area contributed by atoms with Crippen LogP contribution in [0.25, 0.3) is 10.8 Å². The Kier molecular flexibility index (Phi) is 9.12. The van der Waals surface area contributed by atoms with Crippen LogP contribution in [-0.2, 0) is 9.59 Å². The van der Waals surface area contributed by atoms with E-state index in [1.165, 1.54) is 0 Å². The molecule has 0 aliphatic heterocycles. The molecular formula is C23H21Cl2N3O4S. The van der Waals surface area contributed by atoms with E-state index in [1.807, 2.05) is 36.4 Å². The molecule has 10 heteroatoms. The van der Waals surface area contributed by atoms with Gasteiger partial charge in [0.2, 0.25) is 5.91 Å². The van der Waals surface area contributed by atoms with Gasteiger partial charge in [0.15, 0.2) is 11.7 Å². The van der Waals surface area contributed by atoms with Crippen molar-refractivity contribution in [2.45, 2.75) is 12.8 Å². The van der Waals surface area contributed by atoms with Gasteiger partial charge in [-0.2, -0.15) is 0 Å². The molecule has 0 bridgehead atoms. The smallest absolute Gasteiger partial charge is 0.264 e. The van der Waals surface area contributed by atoms with E-state index < -0.39 is 5.91 Å². The first-order valence-electron chi connectivity index (χ1n) is 9.99. The maximum atomic E-state index is 12.1. The molecule has 0 spiro atoms. The Morgan fingerprint density at radius 3 is 2.48 bits per heavy atom. The fourth-order valence-electron chi connectivity index (χ4n) is 2.85. The Hall–Kier alpha value is -3.07.